The maximum Gasteiger partial charge on any atom is 0.242 e. The number of rotatable bonds is 2. The third kappa shape index (κ3) is 2.52. The molecule has 2 rings (SSSR count). The Kier molecular flexibility index (Phi) is 3.92. The number of anilines is 1. The van der Waals surface area contributed by atoms with E-state index in [9.17, 15) is 4.79 Å². The van der Waals surface area contributed by atoms with E-state index in [2.05, 4.69) is 33.8 Å². The molecule has 0 saturated carbocycles. The average Bonchev–Trinajstić information content (AvgIpc) is 2.32. The first-order valence-corrected chi connectivity index (χ1v) is 6.79. The van der Waals surface area contributed by atoms with Gasteiger partial charge in [-0.15, -0.1) is 0 Å². The molecular weight excluding hydrogens is 294 g/mol. The summed E-state index contributed by atoms with van der Waals surface area (Å²) in [5.74, 6) is 0.124. The van der Waals surface area contributed by atoms with Crippen LogP contribution in [0.5, 0.6) is 0 Å². The summed E-state index contributed by atoms with van der Waals surface area (Å²) in [5, 5.41) is 0. The molecule has 0 bridgehead atoms. The Morgan fingerprint density at radius 1 is 1.50 bits per heavy atom. The van der Waals surface area contributed by atoms with Crippen LogP contribution in [0.15, 0.2) is 22.7 Å². The molecule has 0 spiro atoms. The van der Waals surface area contributed by atoms with Gasteiger partial charge in [0.05, 0.1) is 12.6 Å². The first kappa shape index (κ1) is 13.4. The summed E-state index contributed by atoms with van der Waals surface area (Å²) in [6.07, 6.45) is 0. The largest absolute Gasteiger partial charge is 0.360 e. The Hall–Kier alpha value is -1.07. The van der Waals surface area contributed by atoms with E-state index in [0.717, 1.165) is 22.3 Å². The van der Waals surface area contributed by atoms with E-state index in [1.54, 1.807) is 4.90 Å². The first-order chi connectivity index (χ1) is 8.52. The number of hydrogen-bond acceptors (Lipinski definition) is 3. The van der Waals surface area contributed by atoms with Crippen LogP contribution >= 0.6 is 15.9 Å². The summed E-state index contributed by atoms with van der Waals surface area (Å²) in [6.45, 7) is 3.77. The van der Waals surface area contributed by atoms with Crippen LogP contribution in [0.4, 0.5) is 5.69 Å². The van der Waals surface area contributed by atoms with Crippen LogP contribution in [0.3, 0.4) is 0 Å². The fraction of sp³-hybridized carbons (Fsp3) is 0.462. The van der Waals surface area contributed by atoms with Crippen LogP contribution in [0.1, 0.15) is 5.56 Å². The number of nitrogens with two attached hydrogens (primary N) is 1. The van der Waals surface area contributed by atoms with E-state index >= 15 is 0 Å². The molecule has 1 aliphatic rings. The number of nitrogens with zero attached hydrogens (tertiary/aromatic N) is 2. The Labute approximate surface area is 116 Å². The number of likely N-dealkylation sites (N-methyl/N-ethyl adjacent to an activating group) is 1. The van der Waals surface area contributed by atoms with Crippen molar-refractivity contribution in [1.29, 1.82) is 0 Å². The van der Waals surface area contributed by atoms with Gasteiger partial charge in [0.2, 0.25) is 5.91 Å². The molecule has 1 heterocycles. The molecule has 0 aromatic heterocycles. The molecular formula is C13H18BrN3O. The standard InChI is InChI=1S/C13H18BrN3O/c1-9-5-10(14)3-4-12(9)17-7-11(6-15)16(2)13(18)8-17/h3-5,11H,6-8,15H2,1-2H3. The van der Waals surface area contributed by atoms with Crippen LogP contribution in [-0.2, 0) is 4.79 Å². The van der Waals surface area contributed by atoms with Crippen molar-refractivity contribution in [3.63, 3.8) is 0 Å². The second-order valence-electron chi connectivity index (χ2n) is 4.71. The highest BCUT2D eigenvalue weighted by Gasteiger charge is 2.29. The van der Waals surface area contributed by atoms with Gasteiger partial charge in [0.25, 0.3) is 0 Å². The average molecular weight is 312 g/mol. The van der Waals surface area contributed by atoms with Gasteiger partial charge in [0, 0.05) is 30.3 Å². The van der Waals surface area contributed by atoms with Crippen molar-refractivity contribution in [2.45, 2.75) is 13.0 Å². The molecule has 18 heavy (non-hydrogen) atoms. The van der Waals surface area contributed by atoms with Crippen LogP contribution in [0.2, 0.25) is 0 Å². The third-order valence-corrected chi connectivity index (χ3v) is 3.96. The molecule has 1 aromatic carbocycles. The van der Waals surface area contributed by atoms with Crippen LogP contribution in [-0.4, -0.2) is 43.5 Å². The maximum absolute atomic E-state index is 11.9. The van der Waals surface area contributed by atoms with Gasteiger partial charge >= 0.3 is 0 Å². The highest BCUT2D eigenvalue weighted by Crippen LogP contribution is 2.25. The van der Waals surface area contributed by atoms with Gasteiger partial charge in [-0.3, -0.25) is 4.79 Å². The smallest absolute Gasteiger partial charge is 0.242 e. The van der Waals surface area contributed by atoms with Gasteiger partial charge in [-0.2, -0.15) is 0 Å². The summed E-state index contributed by atoms with van der Waals surface area (Å²) in [6, 6.07) is 6.21. The van der Waals surface area contributed by atoms with E-state index < -0.39 is 0 Å². The van der Waals surface area contributed by atoms with Crippen molar-refractivity contribution >= 4 is 27.5 Å². The molecule has 1 aliphatic heterocycles. The minimum Gasteiger partial charge on any atom is -0.360 e. The molecule has 0 aliphatic carbocycles. The Bertz CT molecular complexity index is 464. The molecule has 1 amide bonds. The van der Waals surface area contributed by atoms with Crippen molar-refractivity contribution in [3.8, 4) is 0 Å². The molecule has 1 unspecified atom stereocenters. The second kappa shape index (κ2) is 5.28. The topological polar surface area (TPSA) is 49.6 Å². The lowest BCUT2D eigenvalue weighted by atomic mass is 10.1. The van der Waals surface area contributed by atoms with Crippen molar-refractivity contribution in [2.75, 3.05) is 31.6 Å². The molecule has 1 atom stereocenters. The van der Waals surface area contributed by atoms with Gasteiger partial charge in [-0.1, -0.05) is 15.9 Å². The number of benzene rings is 1. The van der Waals surface area contributed by atoms with Gasteiger partial charge in [0.1, 0.15) is 0 Å². The summed E-state index contributed by atoms with van der Waals surface area (Å²) in [7, 11) is 1.83. The number of carbonyl (C=O) groups excluding carboxylic acids is 1. The SMILES string of the molecule is Cc1cc(Br)ccc1N1CC(=O)N(C)C(CN)C1. The van der Waals surface area contributed by atoms with Crippen molar-refractivity contribution in [1.82, 2.24) is 4.90 Å². The number of amides is 1. The van der Waals surface area contributed by atoms with E-state index in [1.165, 1.54) is 0 Å². The third-order valence-electron chi connectivity index (χ3n) is 3.47. The molecule has 0 radical (unpaired) electrons. The fourth-order valence-electron chi connectivity index (χ4n) is 2.31. The zero-order valence-corrected chi connectivity index (χ0v) is 12.3. The predicted molar refractivity (Wildman–Crippen MR) is 76.7 cm³/mol. The predicted octanol–water partition coefficient (Wildman–Crippen LogP) is 1.36. The van der Waals surface area contributed by atoms with Gasteiger partial charge < -0.3 is 15.5 Å². The first-order valence-electron chi connectivity index (χ1n) is 5.99. The second-order valence-corrected chi connectivity index (χ2v) is 5.62. The summed E-state index contributed by atoms with van der Waals surface area (Å²) in [5.41, 5.74) is 8.00. The number of halogens is 1. The van der Waals surface area contributed by atoms with Crippen LogP contribution in [0.25, 0.3) is 0 Å². The van der Waals surface area contributed by atoms with Gasteiger partial charge in [-0.05, 0) is 30.7 Å². The minimum atomic E-state index is 0.0919. The Morgan fingerprint density at radius 2 is 2.22 bits per heavy atom. The van der Waals surface area contributed by atoms with Crippen molar-refractivity contribution in [3.05, 3.63) is 28.2 Å². The zero-order chi connectivity index (χ0) is 13.3. The molecule has 2 N–H and O–H groups in total. The summed E-state index contributed by atoms with van der Waals surface area (Å²) in [4.78, 5) is 15.8. The summed E-state index contributed by atoms with van der Waals surface area (Å²) < 4.78 is 1.06. The lowest BCUT2D eigenvalue weighted by Gasteiger charge is -2.40. The minimum absolute atomic E-state index is 0.0919. The molecule has 5 heteroatoms. The van der Waals surface area contributed by atoms with E-state index in [-0.39, 0.29) is 11.9 Å². The number of aryl methyl sites for hydroxylation is 1. The fourth-order valence-corrected chi connectivity index (χ4v) is 2.79. The van der Waals surface area contributed by atoms with E-state index in [1.807, 2.05) is 19.2 Å². The van der Waals surface area contributed by atoms with Crippen molar-refractivity contribution < 1.29 is 4.79 Å². The lowest BCUT2D eigenvalue weighted by molar-refractivity contribution is -0.131. The molecule has 1 fully saturated rings. The molecule has 1 saturated heterocycles. The molecule has 1 aromatic rings. The highest BCUT2D eigenvalue weighted by molar-refractivity contribution is 9.10. The van der Waals surface area contributed by atoms with Crippen LogP contribution < -0.4 is 10.6 Å². The van der Waals surface area contributed by atoms with Crippen LogP contribution in [0, 0.1) is 6.92 Å². The number of hydrogen-bond donors (Lipinski definition) is 1. The normalized spacial score (nSPS) is 20.4. The number of piperazine rings is 1. The lowest BCUT2D eigenvalue weighted by Crippen LogP contribution is -2.57. The molecule has 4 nitrogen and oxygen atoms in total. The van der Waals surface area contributed by atoms with Crippen molar-refractivity contribution in [2.24, 2.45) is 5.73 Å². The highest BCUT2D eigenvalue weighted by atomic mass is 79.9. The quantitative estimate of drug-likeness (QED) is 0.897. The molecule has 98 valence electrons. The summed E-state index contributed by atoms with van der Waals surface area (Å²) >= 11 is 3.45. The van der Waals surface area contributed by atoms with Gasteiger partial charge in [-0.25, -0.2) is 0 Å². The number of carbonyl (C=O) groups is 1. The monoisotopic (exact) mass is 311 g/mol. The van der Waals surface area contributed by atoms with Gasteiger partial charge in [0.15, 0.2) is 0 Å². The van der Waals surface area contributed by atoms with E-state index in [0.29, 0.717) is 13.1 Å². The van der Waals surface area contributed by atoms with E-state index in [4.69, 9.17) is 5.73 Å². The Morgan fingerprint density at radius 3 is 2.83 bits per heavy atom. The zero-order valence-electron chi connectivity index (χ0n) is 10.7. The Balaban J connectivity index is 2.26. The maximum atomic E-state index is 11.9.